The topological polar surface area (TPSA) is 50.4 Å². The predicted molar refractivity (Wildman–Crippen MR) is 101 cm³/mol. The lowest BCUT2D eigenvalue weighted by atomic mass is 9.99. The van der Waals surface area contributed by atoms with Gasteiger partial charge >= 0.3 is 0 Å². The first-order valence-corrected chi connectivity index (χ1v) is 8.93. The molecule has 0 saturated carbocycles. The summed E-state index contributed by atoms with van der Waals surface area (Å²) in [6.07, 6.45) is 1.60. The van der Waals surface area contributed by atoms with Gasteiger partial charge in [0.25, 0.3) is 0 Å². The van der Waals surface area contributed by atoms with Gasteiger partial charge in [-0.05, 0) is 77.7 Å². The minimum atomic E-state index is 0.0556. The standard InChI is InChI=1S/C19H21BrN2O2/c1-13-2-7-18(17(20)12-13)21-15-3-5-16(6-4-15)22-19(23)14-8-10-24-11-9-14/h2-7,12,14,21H,8-11H2,1H3,(H,22,23). The molecule has 4 nitrogen and oxygen atoms in total. The zero-order chi connectivity index (χ0) is 16.9. The Hall–Kier alpha value is -1.85. The Morgan fingerprint density at radius 3 is 2.42 bits per heavy atom. The highest BCUT2D eigenvalue weighted by molar-refractivity contribution is 9.10. The molecule has 0 spiro atoms. The molecule has 0 bridgehead atoms. The van der Waals surface area contributed by atoms with Crippen LogP contribution in [-0.2, 0) is 9.53 Å². The number of carbonyl (C=O) groups excluding carboxylic acids is 1. The number of halogens is 1. The van der Waals surface area contributed by atoms with Gasteiger partial charge in [-0.25, -0.2) is 0 Å². The van der Waals surface area contributed by atoms with Gasteiger partial charge in [-0.1, -0.05) is 6.07 Å². The van der Waals surface area contributed by atoms with Crippen LogP contribution in [0, 0.1) is 12.8 Å². The SMILES string of the molecule is Cc1ccc(Nc2ccc(NC(=O)C3CCOCC3)cc2)c(Br)c1. The van der Waals surface area contributed by atoms with E-state index >= 15 is 0 Å². The van der Waals surface area contributed by atoms with Crippen LogP contribution < -0.4 is 10.6 Å². The number of hydrogen-bond acceptors (Lipinski definition) is 3. The lowest BCUT2D eigenvalue weighted by Gasteiger charge is -2.21. The second-order valence-electron chi connectivity index (χ2n) is 6.06. The summed E-state index contributed by atoms with van der Waals surface area (Å²) in [4.78, 5) is 12.2. The van der Waals surface area contributed by atoms with Crippen molar-refractivity contribution in [2.75, 3.05) is 23.8 Å². The van der Waals surface area contributed by atoms with Gasteiger partial charge in [0.2, 0.25) is 5.91 Å². The van der Waals surface area contributed by atoms with E-state index < -0.39 is 0 Å². The van der Waals surface area contributed by atoms with Crippen molar-refractivity contribution in [1.82, 2.24) is 0 Å². The predicted octanol–water partition coefficient (Wildman–Crippen LogP) is 4.87. The van der Waals surface area contributed by atoms with Crippen molar-refractivity contribution in [2.45, 2.75) is 19.8 Å². The average Bonchev–Trinajstić information content (AvgIpc) is 2.60. The Balaban J connectivity index is 1.61. The summed E-state index contributed by atoms with van der Waals surface area (Å²) < 4.78 is 6.32. The molecule has 2 aromatic carbocycles. The van der Waals surface area contributed by atoms with E-state index in [4.69, 9.17) is 4.74 Å². The molecular weight excluding hydrogens is 368 g/mol. The van der Waals surface area contributed by atoms with E-state index in [0.29, 0.717) is 13.2 Å². The number of ether oxygens (including phenoxy) is 1. The van der Waals surface area contributed by atoms with Crippen molar-refractivity contribution in [3.05, 3.63) is 52.5 Å². The number of carbonyl (C=O) groups is 1. The molecule has 0 radical (unpaired) electrons. The van der Waals surface area contributed by atoms with Crippen LogP contribution in [0.25, 0.3) is 0 Å². The smallest absolute Gasteiger partial charge is 0.227 e. The van der Waals surface area contributed by atoms with Crippen molar-refractivity contribution in [2.24, 2.45) is 5.92 Å². The van der Waals surface area contributed by atoms with Crippen molar-refractivity contribution < 1.29 is 9.53 Å². The summed E-state index contributed by atoms with van der Waals surface area (Å²) in [5.74, 6) is 0.139. The Morgan fingerprint density at radius 1 is 1.08 bits per heavy atom. The van der Waals surface area contributed by atoms with Crippen LogP contribution in [0.5, 0.6) is 0 Å². The molecule has 126 valence electrons. The van der Waals surface area contributed by atoms with E-state index in [1.807, 2.05) is 30.3 Å². The normalized spacial score (nSPS) is 15.1. The third kappa shape index (κ3) is 4.36. The molecule has 0 aromatic heterocycles. The van der Waals surface area contributed by atoms with Gasteiger partial charge in [0.05, 0.1) is 5.69 Å². The van der Waals surface area contributed by atoms with Gasteiger partial charge in [-0.2, -0.15) is 0 Å². The van der Waals surface area contributed by atoms with Gasteiger partial charge in [0, 0.05) is 35.0 Å². The van der Waals surface area contributed by atoms with E-state index in [1.54, 1.807) is 0 Å². The number of nitrogens with one attached hydrogen (secondary N) is 2. The molecule has 5 heteroatoms. The van der Waals surface area contributed by atoms with E-state index in [9.17, 15) is 4.79 Å². The summed E-state index contributed by atoms with van der Waals surface area (Å²) in [7, 11) is 0. The maximum atomic E-state index is 12.2. The molecule has 2 N–H and O–H groups in total. The monoisotopic (exact) mass is 388 g/mol. The second kappa shape index (κ2) is 7.81. The molecule has 24 heavy (non-hydrogen) atoms. The highest BCUT2D eigenvalue weighted by atomic mass is 79.9. The number of hydrogen-bond donors (Lipinski definition) is 2. The van der Waals surface area contributed by atoms with Gasteiger partial charge in [0.15, 0.2) is 0 Å². The van der Waals surface area contributed by atoms with Crippen LogP contribution in [0.2, 0.25) is 0 Å². The highest BCUT2D eigenvalue weighted by Gasteiger charge is 2.21. The molecule has 0 unspecified atom stereocenters. The van der Waals surface area contributed by atoms with E-state index in [0.717, 1.165) is 34.4 Å². The first-order chi connectivity index (χ1) is 11.6. The molecule has 1 saturated heterocycles. The van der Waals surface area contributed by atoms with Crippen molar-refractivity contribution in [3.63, 3.8) is 0 Å². The Labute approximate surface area is 150 Å². The Morgan fingerprint density at radius 2 is 1.75 bits per heavy atom. The molecule has 1 fully saturated rings. The Kier molecular flexibility index (Phi) is 5.53. The highest BCUT2D eigenvalue weighted by Crippen LogP contribution is 2.27. The van der Waals surface area contributed by atoms with Gasteiger partial charge in [-0.3, -0.25) is 4.79 Å². The molecule has 1 amide bonds. The summed E-state index contributed by atoms with van der Waals surface area (Å²) in [5.41, 5.74) is 4.02. The summed E-state index contributed by atoms with van der Waals surface area (Å²) in [6.45, 7) is 3.41. The molecule has 1 aliphatic heterocycles. The molecule has 1 heterocycles. The third-order valence-corrected chi connectivity index (χ3v) is 4.80. The third-order valence-electron chi connectivity index (χ3n) is 4.15. The molecule has 0 atom stereocenters. The fourth-order valence-electron chi connectivity index (χ4n) is 2.72. The lowest BCUT2D eigenvalue weighted by molar-refractivity contribution is -0.122. The fraction of sp³-hybridized carbons (Fsp3) is 0.316. The second-order valence-corrected chi connectivity index (χ2v) is 6.92. The first kappa shape index (κ1) is 17.0. The van der Waals surface area contributed by atoms with Crippen LogP contribution in [-0.4, -0.2) is 19.1 Å². The number of aryl methyl sites for hydroxylation is 1. The maximum absolute atomic E-state index is 12.2. The minimum Gasteiger partial charge on any atom is -0.381 e. The largest absolute Gasteiger partial charge is 0.381 e. The van der Waals surface area contributed by atoms with Crippen LogP contribution in [0.4, 0.5) is 17.1 Å². The molecule has 3 rings (SSSR count). The molecule has 0 aliphatic carbocycles. The van der Waals surface area contributed by atoms with E-state index in [2.05, 4.69) is 45.6 Å². The number of anilines is 3. The molecule has 1 aliphatic rings. The zero-order valence-electron chi connectivity index (χ0n) is 13.6. The lowest BCUT2D eigenvalue weighted by Crippen LogP contribution is -2.28. The van der Waals surface area contributed by atoms with E-state index in [1.165, 1.54) is 5.56 Å². The Bertz CT molecular complexity index is 710. The van der Waals surface area contributed by atoms with Crippen molar-refractivity contribution in [1.29, 1.82) is 0 Å². The van der Waals surface area contributed by atoms with Gasteiger partial charge in [0.1, 0.15) is 0 Å². The maximum Gasteiger partial charge on any atom is 0.227 e. The van der Waals surface area contributed by atoms with Crippen molar-refractivity contribution >= 4 is 38.9 Å². The zero-order valence-corrected chi connectivity index (χ0v) is 15.2. The molecular formula is C19H21BrN2O2. The number of rotatable bonds is 4. The first-order valence-electron chi connectivity index (χ1n) is 8.14. The van der Waals surface area contributed by atoms with Crippen LogP contribution in [0.1, 0.15) is 18.4 Å². The van der Waals surface area contributed by atoms with Crippen molar-refractivity contribution in [3.8, 4) is 0 Å². The number of benzene rings is 2. The van der Waals surface area contributed by atoms with Crippen LogP contribution in [0.15, 0.2) is 46.9 Å². The fourth-order valence-corrected chi connectivity index (χ4v) is 3.31. The molecule has 2 aromatic rings. The van der Waals surface area contributed by atoms with Crippen LogP contribution in [0.3, 0.4) is 0 Å². The quantitative estimate of drug-likeness (QED) is 0.785. The summed E-state index contributed by atoms with van der Waals surface area (Å²) in [6, 6.07) is 13.9. The summed E-state index contributed by atoms with van der Waals surface area (Å²) >= 11 is 3.57. The average molecular weight is 389 g/mol. The van der Waals surface area contributed by atoms with Gasteiger partial charge < -0.3 is 15.4 Å². The van der Waals surface area contributed by atoms with E-state index in [-0.39, 0.29) is 11.8 Å². The minimum absolute atomic E-state index is 0.0556. The van der Waals surface area contributed by atoms with Gasteiger partial charge in [-0.15, -0.1) is 0 Å². The van der Waals surface area contributed by atoms with Crippen LogP contribution >= 0.6 is 15.9 Å². The number of amides is 1. The summed E-state index contributed by atoms with van der Waals surface area (Å²) in [5, 5.41) is 6.36.